The average Bonchev–Trinajstić information content (AvgIpc) is 2.94. The highest BCUT2D eigenvalue weighted by Gasteiger charge is 2.30. The predicted molar refractivity (Wildman–Crippen MR) is 92.5 cm³/mol. The molecule has 2 atom stereocenters. The van der Waals surface area contributed by atoms with Crippen LogP contribution in [-0.2, 0) is 6.54 Å². The van der Waals surface area contributed by atoms with Crippen LogP contribution >= 0.6 is 0 Å². The van der Waals surface area contributed by atoms with Crippen LogP contribution < -0.4 is 10.6 Å². The van der Waals surface area contributed by atoms with Crippen molar-refractivity contribution in [2.45, 2.75) is 25.1 Å². The second kappa shape index (κ2) is 7.90. The number of benzene rings is 1. The number of nitrogens with zero attached hydrogens (tertiary/aromatic N) is 2. The zero-order valence-corrected chi connectivity index (χ0v) is 13.4. The lowest BCUT2D eigenvalue weighted by atomic mass is 10.1. The van der Waals surface area contributed by atoms with Gasteiger partial charge in [-0.15, -0.1) is 0 Å². The number of β-amino-alcohol motifs (C(OH)–C–C–N with tert-alkyl or cyclic N) is 1. The number of rotatable bonds is 5. The Morgan fingerprint density at radius 3 is 2.71 bits per heavy atom. The Morgan fingerprint density at radius 2 is 1.96 bits per heavy atom. The molecule has 2 amide bonds. The Balaban J connectivity index is 1.52. The lowest BCUT2D eigenvalue weighted by Crippen LogP contribution is -2.41. The minimum atomic E-state index is -0.344. The molecule has 1 aliphatic heterocycles. The summed E-state index contributed by atoms with van der Waals surface area (Å²) in [6, 6.07) is 13.5. The van der Waals surface area contributed by atoms with Crippen molar-refractivity contribution in [2.75, 3.05) is 18.4 Å². The van der Waals surface area contributed by atoms with Crippen LogP contribution in [0.5, 0.6) is 0 Å². The van der Waals surface area contributed by atoms with E-state index in [1.807, 2.05) is 18.2 Å². The van der Waals surface area contributed by atoms with Crippen LogP contribution in [0.4, 0.5) is 10.5 Å². The molecule has 1 aromatic heterocycles. The summed E-state index contributed by atoms with van der Waals surface area (Å²) in [7, 11) is 0. The monoisotopic (exact) mass is 326 g/mol. The number of likely N-dealkylation sites (tertiary alicyclic amines) is 1. The maximum absolute atomic E-state index is 12.0. The standard InChI is InChI=1S/C18H22N4O2/c23-17-10-16(22(13-17)12-14-4-2-1-3-5-14)11-20-18(24)21-15-6-8-19-9-7-15/h1-9,16-17,23H,10-13H2,(H2,19,20,21,24). The van der Waals surface area contributed by atoms with Crippen molar-refractivity contribution in [3.05, 3.63) is 60.4 Å². The molecule has 0 spiro atoms. The number of hydrogen-bond acceptors (Lipinski definition) is 4. The molecular formula is C18H22N4O2. The molecule has 24 heavy (non-hydrogen) atoms. The molecule has 126 valence electrons. The third-order valence-corrected chi connectivity index (χ3v) is 4.17. The fourth-order valence-corrected chi connectivity index (χ4v) is 3.00. The van der Waals surface area contributed by atoms with Crippen LogP contribution in [0.15, 0.2) is 54.9 Å². The van der Waals surface area contributed by atoms with E-state index in [9.17, 15) is 9.90 Å². The van der Waals surface area contributed by atoms with Gasteiger partial charge in [-0.2, -0.15) is 0 Å². The van der Waals surface area contributed by atoms with Gasteiger partial charge in [-0.25, -0.2) is 4.79 Å². The zero-order chi connectivity index (χ0) is 16.8. The summed E-state index contributed by atoms with van der Waals surface area (Å²) >= 11 is 0. The van der Waals surface area contributed by atoms with Gasteiger partial charge in [-0.1, -0.05) is 30.3 Å². The van der Waals surface area contributed by atoms with E-state index in [1.165, 1.54) is 5.56 Å². The van der Waals surface area contributed by atoms with Gasteiger partial charge in [0.2, 0.25) is 0 Å². The molecule has 1 saturated heterocycles. The molecule has 6 heteroatoms. The number of urea groups is 1. The van der Waals surface area contributed by atoms with Crippen molar-refractivity contribution >= 4 is 11.7 Å². The van der Waals surface area contributed by atoms with Crippen molar-refractivity contribution < 1.29 is 9.90 Å². The average molecular weight is 326 g/mol. The van der Waals surface area contributed by atoms with E-state index >= 15 is 0 Å². The molecule has 2 unspecified atom stereocenters. The van der Waals surface area contributed by atoms with Crippen LogP contribution in [-0.4, -0.2) is 46.3 Å². The molecule has 1 aromatic carbocycles. The van der Waals surface area contributed by atoms with Crippen molar-refractivity contribution in [2.24, 2.45) is 0 Å². The van der Waals surface area contributed by atoms with Gasteiger partial charge in [0, 0.05) is 43.8 Å². The summed E-state index contributed by atoms with van der Waals surface area (Å²) in [5, 5.41) is 15.6. The number of pyridine rings is 1. The second-order valence-corrected chi connectivity index (χ2v) is 6.03. The van der Waals surface area contributed by atoms with Crippen LogP contribution in [0.2, 0.25) is 0 Å². The summed E-state index contributed by atoms with van der Waals surface area (Å²) in [6.45, 7) is 1.91. The number of aliphatic hydroxyl groups is 1. The van der Waals surface area contributed by atoms with Crippen LogP contribution in [0.1, 0.15) is 12.0 Å². The van der Waals surface area contributed by atoms with E-state index in [-0.39, 0.29) is 18.2 Å². The molecular weight excluding hydrogens is 304 g/mol. The summed E-state index contributed by atoms with van der Waals surface area (Å²) in [5.74, 6) is 0. The van der Waals surface area contributed by atoms with Gasteiger partial charge in [0.25, 0.3) is 0 Å². The Labute approximate surface area is 141 Å². The van der Waals surface area contributed by atoms with Crippen molar-refractivity contribution in [3.63, 3.8) is 0 Å². The van der Waals surface area contributed by atoms with Gasteiger partial charge < -0.3 is 15.7 Å². The number of aromatic nitrogens is 1. The molecule has 0 radical (unpaired) electrons. The SMILES string of the molecule is O=C(NCC1CC(O)CN1Cc1ccccc1)Nc1ccncc1. The molecule has 2 heterocycles. The molecule has 0 aliphatic carbocycles. The molecule has 2 aromatic rings. The van der Waals surface area contributed by atoms with Crippen LogP contribution in [0.3, 0.4) is 0 Å². The predicted octanol–water partition coefficient (Wildman–Crippen LogP) is 1.84. The maximum Gasteiger partial charge on any atom is 0.319 e. The highest BCUT2D eigenvalue weighted by molar-refractivity contribution is 5.89. The van der Waals surface area contributed by atoms with Gasteiger partial charge in [0.1, 0.15) is 0 Å². The van der Waals surface area contributed by atoms with Gasteiger partial charge in [0.05, 0.1) is 6.10 Å². The zero-order valence-electron chi connectivity index (χ0n) is 13.4. The summed E-state index contributed by atoms with van der Waals surface area (Å²) in [4.78, 5) is 18.1. The first-order valence-corrected chi connectivity index (χ1v) is 8.11. The smallest absolute Gasteiger partial charge is 0.319 e. The summed E-state index contributed by atoms with van der Waals surface area (Å²) in [6.07, 6.45) is 3.58. The lowest BCUT2D eigenvalue weighted by Gasteiger charge is -2.24. The molecule has 0 bridgehead atoms. The molecule has 1 fully saturated rings. The summed E-state index contributed by atoms with van der Waals surface area (Å²) < 4.78 is 0. The maximum atomic E-state index is 12.0. The van der Waals surface area contributed by atoms with Crippen LogP contribution in [0, 0.1) is 0 Å². The molecule has 0 saturated carbocycles. The first kappa shape index (κ1) is 16.4. The lowest BCUT2D eigenvalue weighted by molar-refractivity contribution is 0.172. The molecule has 6 nitrogen and oxygen atoms in total. The summed E-state index contributed by atoms with van der Waals surface area (Å²) in [5.41, 5.74) is 1.91. The quantitative estimate of drug-likeness (QED) is 0.783. The molecule has 3 N–H and O–H groups in total. The number of hydrogen-bond donors (Lipinski definition) is 3. The Morgan fingerprint density at radius 1 is 1.21 bits per heavy atom. The Hall–Kier alpha value is -2.44. The van der Waals surface area contributed by atoms with Gasteiger partial charge in [-0.3, -0.25) is 9.88 Å². The highest BCUT2D eigenvalue weighted by Crippen LogP contribution is 2.20. The number of amides is 2. The number of carbonyl (C=O) groups is 1. The molecule has 3 rings (SSSR count). The van der Waals surface area contributed by atoms with Gasteiger partial charge in [-0.05, 0) is 24.1 Å². The number of aliphatic hydroxyl groups excluding tert-OH is 1. The number of carbonyl (C=O) groups excluding carboxylic acids is 1. The van der Waals surface area contributed by atoms with E-state index in [0.29, 0.717) is 25.2 Å². The fourth-order valence-electron chi connectivity index (χ4n) is 3.00. The van der Waals surface area contributed by atoms with E-state index in [4.69, 9.17) is 0 Å². The van der Waals surface area contributed by atoms with Gasteiger partial charge in [0.15, 0.2) is 0 Å². The third kappa shape index (κ3) is 4.53. The minimum Gasteiger partial charge on any atom is -0.392 e. The number of anilines is 1. The largest absolute Gasteiger partial charge is 0.392 e. The first-order valence-electron chi connectivity index (χ1n) is 8.11. The topological polar surface area (TPSA) is 77.5 Å². The van der Waals surface area contributed by atoms with E-state index in [0.717, 1.165) is 6.54 Å². The highest BCUT2D eigenvalue weighted by atomic mass is 16.3. The van der Waals surface area contributed by atoms with Crippen molar-refractivity contribution in [1.29, 1.82) is 0 Å². The third-order valence-electron chi connectivity index (χ3n) is 4.17. The Kier molecular flexibility index (Phi) is 5.40. The van der Waals surface area contributed by atoms with Crippen molar-refractivity contribution in [1.82, 2.24) is 15.2 Å². The van der Waals surface area contributed by atoms with Crippen LogP contribution in [0.25, 0.3) is 0 Å². The van der Waals surface area contributed by atoms with Gasteiger partial charge >= 0.3 is 6.03 Å². The van der Waals surface area contributed by atoms with E-state index in [2.05, 4.69) is 32.7 Å². The Bertz CT molecular complexity index is 651. The van der Waals surface area contributed by atoms with E-state index < -0.39 is 0 Å². The van der Waals surface area contributed by atoms with Crippen molar-refractivity contribution in [3.8, 4) is 0 Å². The second-order valence-electron chi connectivity index (χ2n) is 6.03. The molecule has 1 aliphatic rings. The normalized spacial score (nSPS) is 20.7. The minimum absolute atomic E-state index is 0.128. The fraction of sp³-hybridized carbons (Fsp3) is 0.333. The number of nitrogens with one attached hydrogen (secondary N) is 2. The first-order chi connectivity index (χ1) is 11.7. The van der Waals surface area contributed by atoms with E-state index in [1.54, 1.807) is 24.5 Å².